The summed E-state index contributed by atoms with van der Waals surface area (Å²) in [6.45, 7) is 22.3. The lowest BCUT2D eigenvalue weighted by molar-refractivity contribution is -0.181. The van der Waals surface area contributed by atoms with Gasteiger partial charge < -0.3 is 20.3 Å². The zero-order valence-electron chi connectivity index (χ0n) is 35.6. The maximum absolute atomic E-state index is 14.9. The van der Waals surface area contributed by atoms with Crippen molar-refractivity contribution in [1.29, 1.82) is 0 Å². The van der Waals surface area contributed by atoms with E-state index >= 15 is 0 Å². The van der Waals surface area contributed by atoms with Gasteiger partial charge in [-0.3, -0.25) is 9.89 Å². The van der Waals surface area contributed by atoms with Crippen molar-refractivity contribution in [1.82, 2.24) is 15.1 Å². The van der Waals surface area contributed by atoms with E-state index in [1.54, 1.807) is 5.57 Å². The number of rotatable bonds is 5. The Balaban J connectivity index is 1.20. The first-order valence-electron chi connectivity index (χ1n) is 21.8. The first-order chi connectivity index (χ1) is 26.5. The predicted octanol–water partition coefficient (Wildman–Crippen LogP) is 9.83. The average molecular weight is 758 g/mol. The fraction of sp³-hybridized carbons (Fsp3) is 0.633. The molecule has 2 heterocycles. The Labute approximate surface area is 336 Å². The molecule has 7 atom stereocenters. The number of carbonyl (C=O) groups is 1. The van der Waals surface area contributed by atoms with Crippen molar-refractivity contribution in [2.24, 2.45) is 44.8 Å². The molecule has 1 aromatic heterocycles. The van der Waals surface area contributed by atoms with Gasteiger partial charge >= 0.3 is 5.97 Å². The summed E-state index contributed by atoms with van der Waals surface area (Å²) in [5, 5.41) is 8.02. The minimum atomic E-state index is -0.512. The first kappa shape index (κ1) is 38.0. The average Bonchev–Trinajstić information content (AvgIpc) is 3.54. The molecule has 0 spiro atoms. The number of benzene rings is 2. The zero-order chi connectivity index (χ0) is 39.5. The summed E-state index contributed by atoms with van der Waals surface area (Å²) in [6, 6.07) is 19.9. The number of aromatic amines is 1. The van der Waals surface area contributed by atoms with Crippen LogP contribution in [0, 0.1) is 44.8 Å². The van der Waals surface area contributed by atoms with Crippen molar-refractivity contribution >= 4 is 23.0 Å². The SMILES string of the molecule is CN1CCN(c2ccc(C3=C4C5CC(C)(C)CC[C@]5(C(=O)OCc5ccccc5)CC[C@@]4(C)[C@]4(C)CCC5C(C)(C)c6[nH]nc(N)c6C[C@]5(C)C4C3)cc2)CC1. The molecule has 2 aromatic carbocycles. The normalized spacial score (nSPS) is 36.1. The van der Waals surface area contributed by atoms with Gasteiger partial charge in [-0.15, -0.1) is 0 Å². The standard InChI is InChI=1S/C49H67N5O2/c1-44(2)20-22-49(43(55)56-31-32-12-10-9-11-13-32)23-21-48(7)40(37(49)30-44)35(33-14-16-34(17-15-33)54-26-24-53(8)25-27-54)28-39-46(5)29-36-41(51-52-42(36)50)45(3,4)38(46)18-19-47(39,48)6/h9-17,37-39H,18-31H2,1-8H3,(H3,50,51,52)/t37?,38?,39?,46-,47+,48+,49-/m0/s1. The van der Waals surface area contributed by atoms with Gasteiger partial charge in [-0.05, 0) is 133 Å². The number of carbonyl (C=O) groups excluding carboxylic acids is 1. The maximum atomic E-state index is 14.9. The number of nitrogens with two attached hydrogens (primary N) is 1. The lowest BCUT2D eigenvalue weighted by Crippen LogP contribution is -2.65. The molecule has 0 radical (unpaired) electrons. The summed E-state index contributed by atoms with van der Waals surface area (Å²) >= 11 is 0. The van der Waals surface area contributed by atoms with Crippen LogP contribution in [0.25, 0.3) is 5.57 Å². The number of allylic oxidation sites excluding steroid dienone is 2. The van der Waals surface area contributed by atoms with E-state index < -0.39 is 5.41 Å². The highest BCUT2D eigenvalue weighted by molar-refractivity contribution is 5.82. The molecule has 3 saturated carbocycles. The minimum absolute atomic E-state index is 0.0288. The van der Waals surface area contributed by atoms with Gasteiger partial charge in [0.2, 0.25) is 0 Å². The van der Waals surface area contributed by atoms with E-state index in [0.29, 0.717) is 24.3 Å². The first-order valence-corrected chi connectivity index (χ1v) is 21.8. The number of hydrogen-bond acceptors (Lipinski definition) is 6. The van der Waals surface area contributed by atoms with Crippen LogP contribution in [0.2, 0.25) is 0 Å². The number of aromatic nitrogens is 2. The highest BCUT2D eigenvalue weighted by Gasteiger charge is 2.70. The second-order valence-electron chi connectivity index (χ2n) is 21.3. The lowest BCUT2D eigenvalue weighted by Gasteiger charge is -2.71. The smallest absolute Gasteiger partial charge is 0.313 e. The number of piperazine rings is 1. The highest BCUT2D eigenvalue weighted by Crippen LogP contribution is 2.77. The van der Waals surface area contributed by atoms with E-state index in [-0.39, 0.29) is 39.0 Å². The van der Waals surface area contributed by atoms with Crippen LogP contribution in [0.1, 0.15) is 122 Å². The Hall–Kier alpha value is -3.58. The van der Waals surface area contributed by atoms with E-state index in [9.17, 15) is 4.79 Å². The van der Waals surface area contributed by atoms with E-state index in [1.165, 1.54) is 40.9 Å². The van der Waals surface area contributed by atoms with Crippen molar-refractivity contribution in [3.8, 4) is 0 Å². The van der Waals surface area contributed by atoms with Gasteiger partial charge in [-0.2, -0.15) is 5.10 Å². The van der Waals surface area contributed by atoms with Gasteiger partial charge in [0.15, 0.2) is 0 Å². The van der Waals surface area contributed by atoms with Crippen LogP contribution in [0.5, 0.6) is 0 Å². The van der Waals surface area contributed by atoms with Gasteiger partial charge in [0, 0.05) is 48.5 Å². The maximum Gasteiger partial charge on any atom is 0.313 e. The topological polar surface area (TPSA) is 87.5 Å². The van der Waals surface area contributed by atoms with Crippen molar-refractivity contribution in [2.45, 2.75) is 118 Å². The number of fused-ring (bicyclic) bond motifs is 8. The third kappa shape index (κ3) is 5.52. The second kappa shape index (κ2) is 13.0. The molecular weight excluding hydrogens is 691 g/mol. The summed E-state index contributed by atoms with van der Waals surface area (Å²) in [7, 11) is 2.22. The molecule has 7 nitrogen and oxygen atoms in total. The molecule has 3 N–H and O–H groups in total. The Morgan fingerprint density at radius 3 is 2.29 bits per heavy atom. The van der Waals surface area contributed by atoms with Crippen LogP contribution >= 0.6 is 0 Å². The van der Waals surface area contributed by atoms with Gasteiger partial charge in [0.1, 0.15) is 12.4 Å². The minimum Gasteiger partial charge on any atom is -0.460 e. The molecule has 1 saturated heterocycles. The van der Waals surface area contributed by atoms with Crippen molar-refractivity contribution in [2.75, 3.05) is 43.9 Å². The summed E-state index contributed by atoms with van der Waals surface area (Å²) in [5.74, 6) is 1.81. The molecule has 300 valence electrons. The van der Waals surface area contributed by atoms with Crippen LogP contribution in [0.4, 0.5) is 11.5 Å². The molecule has 5 aliphatic carbocycles. The van der Waals surface area contributed by atoms with Crippen LogP contribution in [0.3, 0.4) is 0 Å². The van der Waals surface area contributed by atoms with Gasteiger partial charge in [0.05, 0.1) is 5.41 Å². The van der Waals surface area contributed by atoms with E-state index in [1.807, 2.05) is 18.2 Å². The summed E-state index contributed by atoms with van der Waals surface area (Å²) in [5.41, 5.74) is 15.6. The molecule has 0 bridgehead atoms. The summed E-state index contributed by atoms with van der Waals surface area (Å²) in [4.78, 5) is 19.9. The number of esters is 1. The number of H-pyrrole nitrogens is 1. The summed E-state index contributed by atoms with van der Waals surface area (Å²) in [6.07, 6.45) is 9.23. The van der Waals surface area contributed by atoms with Crippen LogP contribution in [-0.4, -0.2) is 54.3 Å². The molecular formula is C49H67N5O2. The molecule has 7 heteroatoms. The Kier molecular flexibility index (Phi) is 8.79. The van der Waals surface area contributed by atoms with E-state index in [4.69, 9.17) is 10.5 Å². The molecule has 4 fully saturated rings. The fourth-order valence-electron chi connectivity index (χ4n) is 14.2. The van der Waals surface area contributed by atoms with Crippen LogP contribution in [-0.2, 0) is 28.0 Å². The van der Waals surface area contributed by atoms with Crippen molar-refractivity contribution in [3.63, 3.8) is 0 Å². The number of ether oxygens (including phenoxy) is 1. The van der Waals surface area contributed by atoms with Crippen LogP contribution < -0.4 is 10.6 Å². The fourth-order valence-corrected chi connectivity index (χ4v) is 14.2. The monoisotopic (exact) mass is 758 g/mol. The number of nitrogen functional groups attached to an aromatic ring is 1. The molecule has 3 unspecified atom stereocenters. The third-order valence-electron chi connectivity index (χ3n) is 17.7. The number of likely N-dealkylation sites (N-methyl/N-ethyl adjacent to an activating group) is 1. The number of anilines is 2. The highest BCUT2D eigenvalue weighted by atomic mass is 16.5. The number of nitrogens with zero attached hydrogens (tertiary/aromatic N) is 3. The van der Waals surface area contributed by atoms with Gasteiger partial charge in [0.25, 0.3) is 0 Å². The van der Waals surface area contributed by atoms with Crippen LogP contribution in [0.15, 0.2) is 60.2 Å². The van der Waals surface area contributed by atoms with E-state index in [0.717, 1.165) is 76.7 Å². The van der Waals surface area contributed by atoms with Gasteiger partial charge in [-0.25, -0.2) is 0 Å². The lowest BCUT2D eigenvalue weighted by atomic mass is 9.33. The predicted molar refractivity (Wildman–Crippen MR) is 227 cm³/mol. The third-order valence-corrected chi connectivity index (χ3v) is 17.7. The Morgan fingerprint density at radius 1 is 0.875 bits per heavy atom. The van der Waals surface area contributed by atoms with Gasteiger partial charge in [-0.1, -0.05) is 96.5 Å². The number of hydrogen-bond donors (Lipinski definition) is 2. The largest absolute Gasteiger partial charge is 0.460 e. The van der Waals surface area contributed by atoms with Crippen molar-refractivity contribution in [3.05, 3.63) is 82.6 Å². The Bertz CT molecular complexity index is 2020. The zero-order valence-corrected chi connectivity index (χ0v) is 35.6. The van der Waals surface area contributed by atoms with Crippen molar-refractivity contribution < 1.29 is 9.53 Å². The van der Waals surface area contributed by atoms with E-state index in [2.05, 4.69) is 112 Å². The molecule has 6 aliphatic rings. The Morgan fingerprint density at radius 2 is 1.57 bits per heavy atom. The quantitative estimate of drug-likeness (QED) is 0.252. The molecule has 56 heavy (non-hydrogen) atoms. The molecule has 0 amide bonds. The molecule has 1 aliphatic heterocycles. The molecule has 3 aromatic rings. The summed E-state index contributed by atoms with van der Waals surface area (Å²) < 4.78 is 6.43. The number of nitrogens with one attached hydrogen (secondary N) is 1. The molecule has 9 rings (SSSR count). The second-order valence-corrected chi connectivity index (χ2v) is 21.3.